The van der Waals surface area contributed by atoms with Gasteiger partial charge in [0.25, 0.3) is 0 Å². The minimum atomic E-state index is -0.361. The molecule has 2 rings (SSSR count). The first-order valence-electron chi connectivity index (χ1n) is 6.31. The van der Waals surface area contributed by atoms with Gasteiger partial charge in [0.05, 0.1) is 5.69 Å². The van der Waals surface area contributed by atoms with E-state index in [0.29, 0.717) is 23.1 Å². The molecule has 0 saturated heterocycles. The van der Waals surface area contributed by atoms with Gasteiger partial charge in [0.2, 0.25) is 0 Å². The van der Waals surface area contributed by atoms with Crippen LogP contribution < -0.4 is 10.5 Å². The van der Waals surface area contributed by atoms with E-state index in [2.05, 4.69) is 13.8 Å². The van der Waals surface area contributed by atoms with Crippen molar-refractivity contribution in [3.8, 4) is 11.5 Å². The fourth-order valence-corrected chi connectivity index (χ4v) is 2.08. The van der Waals surface area contributed by atoms with Crippen LogP contribution in [-0.2, 0) is 0 Å². The molecular formula is C16H18FNO. The molecule has 19 heavy (non-hydrogen) atoms. The van der Waals surface area contributed by atoms with Crippen LogP contribution in [0.2, 0.25) is 0 Å². The van der Waals surface area contributed by atoms with Crippen LogP contribution >= 0.6 is 0 Å². The molecule has 0 radical (unpaired) electrons. The smallest absolute Gasteiger partial charge is 0.153 e. The number of rotatable bonds is 3. The molecule has 0 fully saturated rings. The molecule has 100 valence electrons. The number of ether oxygens (including phenoxy) is 1. The van der Waals surface area contributed by atoms with Crippen molar-refractivity contribution < 1.29 is 9.13 Å². The lowest BCUT2D eigenvalue weighted by Gasteiger charge is -2.13. The van der Waals surface area contributed by atoms with E-state index in [4.69, 9.17) is 10.5 Å². The second-order valence-corrected chi connectivity index (χ2v) is 4.96. The first-order chi connectivity index (χ1) is 8.97. The Kier molecular flexibility index (Phi) is 3.74. The number of nitrogen functional groups attached to an aromatic ring is 1. The van der Waals surface area contributed by atoms with Gasteiger partial charge in [0.1, 0.15) is 11.6 Å². The topological polar surface area (TPSA) is 35.2 Å². The van der Waals surface area contributed by atoms with Crippen LogP contribution in [-0.4, -0.2) is 0 Å². The summed E-state index contributed by atoms with van der Waals surface area (Å²) in [4.78, 5) is 0. The Morgan fingerprint density at radius 1 is 1.11 bits per heavy atom. The number of benzene rings is 2. The second kappa shape index (κ2) is 5.31. The Labute approximate surface area is 113 Å². The lowest BCUT2D eigenvalue weighted by molar-refractivity contribution is 0.478. The summed E-state index contributed by atoms with van der Waals surface area (Å²) >= 11 is 0. The normalized spacial score (nSPS) is 10.8. The third-order valence-electron chi connectivity index (χ3n) is 3.07. The van der Waals surface area contributed by atoms with Gasteiger partial charge in [-0.3, -0.25) is 0 Å². The van der Waals surface area contributed by atoms with Crippen LogP contribution in [0, 0.1) is 12.7 Å². The highest BCUT2D eigenvalue weighted by Gasteiger charge is 2.07. The molecule has 0 heterocycles. The molecule has 2 N–H and O–H groups in total. The Hall–Kier alpha value is -2.03. The predicted molar refractivity (Wildman–Crippen MR) is 76.2 cm³/mol. The largest absolute Gasteiger partial charge is 0.455 e. The number of halogens is 1. The average molecular weight is 259 g/mol. The van der Waals surface area contributed by atoms with Crippen molar-refractivity contribution >= 4 is 5.69 Å². The number of nitrogens with two attached hydrogens (primary N) is 1. The first-order valence-corrected chi connectivity index (χ1v) is 6.31. The van der Waals surface area contributed by atoms with Crippen LogP contribution in [0.25, 0.3) is 0 Å². The van der Waals surface area contributed by atoms with Gasteiger partial charge >= 0.3 is 0 Å². The van der Waals surface area contributed by atoms with E-state index < -0.39 is 0 Å². The Balaban J connectivity index is 2.29. The quantitative estimate of drug-likeness (QED) is 0.815. The summed E-state index contributed by atoms with van der Waals surface area (Å²) in [5, 5.41) is 0. The third-order valence-corrected chi connectivity index (χ3v) is 3.07. The summed E-state index contributed by atoms with van der Waals surface area (Å²) < 4.78 is 18.8. The van der Waals surface area contributed by atoms with E-state index in [1.807, 2.05) is 25.1 Å². The zero-order valence-corrected chi connectivity index (χ0v) is 11.4. The van der Waals surface area contributed by atoms with Crippen molar-refractivity contribution in [2.24, 2.45) is 0 Å². The molecule has 0 spiro atoms. The van der Waals surface area contributed by atoms with Crippen LogP contribution in [0.1, 0.15) is 30.9 Å². The van der Waals surface area contributed by atoms with E-state index in [9.17, 15) is 4.39 Å². The number of anilines is 1. The zero-order valence-electron chi connectivity index (χ0n) is 11.4. The fourth-order valence-electron chi connectivity index (χ4n) is 2.08. The number of aryl methyl sites for hydroxylation is 1. The monoisotopic (exact) mass is 259 g/mol. The molecule has 0 aliphatic heterocycles. The van der Waals surface area contributed by atoms with Gasteiger partial charge in [-0.15, -0.1) is 0 Å². The van der Waals surface area contributed by atoms with Crippen molar-refractivity contribution in [2.45, 2.75) is 26.7 Å². The molecule has 0 amide bonds. The van der Waals surface area contributed by atoms with Gasteiger partial charge in [-0.05, 0) is 48.2 Å². The number of hydrogen-bond donors (Lipinski definition) is 1. The van der Waals surface area contributed by atoms with E-state index in [-0.39, 0.29) is 5.82 Å². The summed E-state index contributed by atoms with van der Waals surface area (Å²) in [7, 11) is 0. The van der Waals surface area contributed by atoms with Gasteiger partial charge in [0.15, 0.2) is 5.75 Å². The molecule has 2 aromatic rings. The SMILES string of the molecule is Cc1cc(Oc2cc(F)ccc2N)ccc1C(C)C. The molecule has 0 aliphatic carbocycles. The molecular weight excluding hydrogens is 241 g/mol. The molecule has 2 aromatic carbocycles. The minimum absolute atomic E-state index is 0.344. The second-order valence-electron chi connectivity index (χ2n) is 4.96. The Morgan fingerprint density at radius 2 is 1.84 bits per heavy atom. The highest BCUT2D eigenvalue weighted by molar-refractivity contribution is 5.54. The van der Waals surface area contributed by atoms with Crippen LogP contribution in [0.3, 0.4) is 0 Å². The fraction of sp³-hybridized carbons (Fsp3) is 0.250. The van der Waals surface area contributed by atoms with E-state index >= 15 is 0 Å². The van der Waals surface area contributed by atoms with Crippen molar-refractivity contribution in [1.82, 2.24) is 0 Å². The Bertz CT molecular complexity index is 593. The molecule has 2 nitrogen and oxygen atoms in total. The molecule has 0 bridgehead atoms. The van der Waals surface area contributed by atoms with Gasteiger partial charge < -0.3 is 10.5 Å². The van der Waals surface area contributed by atoms with Crippen molar-refractivity contribution in [1.29, 1.82) is 0 Å². The maximum absolute atomic E-state index is 13.2. The van der Waals surface area contributed by atoms with Crippen molar-refractivity contribution in [2.75, 3.05) is 5.73 Å². The molecule has 0 saturated carbocycles. The standard InChI is InChI=1S/C16H18FNO/c1-10(2)14-6-5-13(8-11(14)3)19-16-9-12(17)4-7-15(16)18/h4-10H,18H2,1-3H3. The van der Waals surface area contributed by atoms with Gasteiger partial charge in [-0.1, -0.05) is 19.9 Å². The third kappa shape index (κ3) is 3.05. The average Bonchev–Trinajstić information content (AvgIpc) is 2.33. The summed E-state index contributed by atoms with van der Waals surface area (Å²) in [5.41, 5.74) is 8.62. The zero-order chi connectivity index (χ0) is 14.0. The van der Waals surface area contributed by atoms with Crippen molar-refractivity contribution in [3.05, 3.63) is 53.3 Å². The number of hydrogen-bond acceptors (Lipinski definition) is 2. The van der Waals surface area contributed by atoms with Crippen molar-refractivity contribution in [3.63, 3.8) is 0 Å². The van der Waals surface area contributed by atoms with E-state index in [1.165, 1.54) is 23.8 Å². The molecule has 0 unspecified atom stereocenters. The maximum Gasteiger partial charge on any atom is 0.153 e. The lowest BCUT2D eigenvalue weighted by Crippen LogP contribution is -1.95. The molecule has 0 aromatic heterocycles. The Morgan fingerprint density at radius 3 is 2.47 bits per heavy atom. The van der Waals surface area contributed by atoms with E-state index in [1.54, 1.807) is 0 Å². The predicted octanol–water partition coefficient (Wildman–Crippen LogP) is 4.63. The summed E-state index contributed by atoms with van der Waals surface area (Å²) in [6, 6.07) is 9.97. The summed E-state index contributed by atoms with van der Waals surface area (Å²) in [6.07, 6.45) is 0. The maximum atomic E-state index is 13.2. The van der Waals surface area contributed by atoms with E-state index in [0.717, 1.165) is 5.56 Å². The molecule has 0 atom stereocenters. The lowest BCUT2D eigenvalue weighted by atomic mass is 9.98. The van der Waals surface area contributed by atoms with Crippen LogP contribution in [0.4, 0.5) is 10.1 Å². The first kappa shape index (κ1) is 13.4. The van der Waals surface area contributed by atoms with Gasteiger partial charge in [-0.2, -0.15) is 0 Å². The molecule has 3 heteroatoms. The highest BCUT2D eigenvalue weighted by Crippen LogP contribution is 2.30. The van der Waals surface area contributed by atoms with Crippen LogP contribution in [0.15, 0.2) is 36.4 Å². The minimum Gasteiger partial charge on any atom is -0.455 e. The van der Waals surface area contributed by atoms with Gasteiger partial charge in [-0.25, -0.2) is 4.39 Å². The van der Waals surface area contributed by atoms with Crippen LogP contribution in [0.5, 0.6) is 11.5 Å². The summed E-state index contributed by atoms with van der Waals surface area (Å²) in [6.45, 7) is 6.33. The molecule has 0 aliphatic rings. The van der Waals surface area contributed by atoms with Gasteiger partial charge in [0, 0.05) is 6.07 Å². The highest BCUT2D eigenvalue weighted by atomic mass is 19.1. The summed E-state index contributed by atoms with van der Waals surface area (Å²) in [5.74, 6) is 1.11.